The van der Waals surface area contributed by atoms with E-state index >= 15 is 0 Å². The number of hydrogen-bond acceptors (Lipinski definition) is 3. The van der Waals surface area contributed by atoms with Gasteiger partial charge in [0.1, 0.15) is 0 Å². The first kappa shape index (κ1) is 8.36. The van der Waals surface area contributed by atoms with Crippen molar-refractivity contribution in [1.29, 1.82) is 0 Å². The minimum atomic E-state index is -0.892. The smallest absolute Gasteiger partial charge is 0.353 e. The molecule has 0 heterocycles. The van der Waals surface area contributed by atoms with Gasteiger partial charge in [-0.3, -0.25) is 4.94 Å². The minimum Gasteiger partial charge on any atom is -0.384 e. The molecule has 0 aliphatic rings. The second-order valence-electron chi connectivity index (χ2n) is 1.75. The zero-order valence-electron chi connectivity index (χ0n) is 5.39. The number of methoxy groups -OCH3 is 1. The van der Waals surface area contributed by atoms with Gasteiger partial charge >= 0.3 is 5.97 Å². The van der Waals surface area contributed by atoms with Crippen LogP contribution in [0.2, 0.25) is 0 Å². The van der Waals surface area contributed by atoms with Crippen LogP contribution in [0.3, 0.4) is 0 Å². The number of halogens is 1. The minimum absolute atomic E-state index is 0.183. The zero-order chi connectivity index (χ0) is 7.28. The topological polar surface area (TPSA) is 35.5 Å². The van der Waals surface area contributed by atoms with Crippen molar-refractivity contribution in [3.05, 3.63) is 0 Å². The van der Waals surface area contributed by atoms with Gasteiger partial charge in [0.05, 0.1) is 12.5 Å². The first-order valence-corrected chi connectivity index (χ1v) is 2.53. The summed E-state index contributed by atoms with van der Waals surface area (Å²) in [5.74, 6) is -1.42. The fraction of sp³-hybridized carbons (Fsp3) is 0.800. The van der Waals surface area contributed by atoms with Crippen LogP contribution in [-0.4, -0.2) is 19.7 Å². The lowest BCUT2D eigenvalue weighted by Crippen LogP contribution is -2.15. The molecule has 0 aliphatic heterocycles. The molecule has 1 unspecified atom stereocenters. The molecule has 0 aliphatic carbocycles. The Morgan fingerprint density at radius 3 is 2.67 bits per heavy atom. The summed E-state index contributed by atoms with van der Waals surface area (Å²) in [5.41, 5.74) is 0. The van der Waals surface area contributed by atoms with E-state index in [-0.39, 0.29) is 6.61 Å². The van der Waals surface area contributed by atoms with Gasteiger partial charge in [-0.1, -0.05) is 0 Å². The summed E-state index contributed by atoms with van der Waals surface area (Å²) in [5, 5.41) is 0. The Morgan fingerprint density at radius 1 is 1.78 bits per heavy atom. The molecule has 0 spiro atoms. The third kappa shape index (κ3) is 3.03. The lowest BCUT2D eigenvalue weighted by molar-refractivity contribution is -0.189. The molecule has 54 valence electrons. The highest BCUT2D eigenvalue weighted by Crippen LogP contribution is 1.97. The van der Waals surface area contributed by atoms with E-state index in [2.05, 4.69) is 9.68 Å². The second kappa shape index (κ2) is 4.26. The van der Waals surface area contributed by atoms with E-state index in [0.29, 0.717) is 0 Å². The Morgan fingerprint density at radius 2 is 2.33 bits per heavy atom. The average molecular weight is 136 g/mol. The maximum atomic E-state index is 11.1. The molecule has 0 saturated carbocycles. The predicted octanol–water partition coefficient (Wildman–Crippen LogP) is 0.697. The van der Waals surface area contributed by atoms with Gasteiger partial charge in [0, 0.05) is 11.6 Å². The molecule has 0 aromatic carbocycles. The summed E-state index contributed by atoms with van der Waals surface area (Å²) in [6.45, 7) is 1.70. The number of carbonyl (C=O) groups excluding carboxylic acids is 1. The van der Waals surface area contributed by atoms with E-state index in [0.717, 1.165) is 0 Å². The van der Waals surface area contributed by atoms with Crippen molar-refractivity contribution in [2.24, 2.45) is 5.92 Å². The third-order valence-electron chi connectivity index (χ3n) is 0.895. The molecule has 3 nitrogen and oxygen atoms in total. The van der Waals surface area contributed by atoms with Gasteiger partial charge in [0.25, 0.3) is 0 Å². The van der Waals surface area contributed by atoms with Gasteiger partial charge in [-0.2, -0.15) is 0 Å². The van der Waals surface area contributed by atoms with Crippen LogP contribution in [0.1, 0.15) is 6.92 Å². The summed E-state index contributed by atoms with van der Waals surface area (Å²) in [6, 6.07) is 0. The Bertz CT molecular complexity index is 94.2. The fourth-order valence-electron chi connectivity index (χ4n) is 0.394. The highest BCUT2D eigenvalue weighted by Gasteiger charge is 2.13. The first-order chi connectivity index (χ1) is 4.22. The SMILES string of the molecule is COCC(C)C(=O)OF. The molecule has 0 fully saturated rings. The van der Waals surface area contributed by atoms with Crippen LogP contribution in [0.15, 0.2) is 0 Å². The largest absolute Gasteiger partial charge is 0.384 e. The van der Waals surface area contributed by atoms with Gasteiger partial charge in [-0.05, 0) is 6.92 Å². The molecular formula is C5H9FO3. The van der Waals surface area contributed by atoms with Crippen molar-refractivity contribution in [1.82, 2.24) is 0 Å². The number of ether oxygens (including phenoxy) is 1. The van der Waals surface area contributed by atoms with Crippen molar-refractivity contribution in [2.45, 2.75) is 6.92 Å². The average Bonchev–Trinajstić information content (AvgIpc) is 1.87. The van der Waals surface area contributed by atoms with Gasteiger partial charge in [0.2, 0.25) is 0 Å². The van der Waals surface area contributed by atoms with Gasteiger partial charge < -0.3 is 4.74 Å². The lowest BCUT2D eigenvalue weighted by Gasteiger charge is -2.02. The summed E-state index contributed by atoms with van der Waals surface area (Å²) in [6.07, 6.45) is 0. The van der Waals surface area contributed by atoms with E-state index in [1.165, 1.54) is 14.0 Å². The maximum absolute atomic E-state index is 11.1. The quantitative estimate of drug-likeness (QED) is 0.572. The van der Waals surface area contributed by atoms with Crippen LogP contribution in [0.4, 0.5) is 4.53 Å². The maximum Gasteiger partial charge on any atom is 0.353 e. The molecule has 0 radical (unpaired) electrons. The number of rotatable bonds is 3. The Labute approximate surface area is 52.7 Å². The fourth-order valence-corrected chi connectivity index (χ4v) is 0.394. The third-order valence-corrected chi connectivity index (χ3v) is 0.895. The van der Waals surface area contributed by atoms with Crippen LogP contribution < -0.4 is 0 Å². The van der Waals surface area contributed by atoms with Crippen LogP contribution in [0, 0.1) is 5.92 Å². The normalized spacial score (nSPS) is 12.8. The standard InChI is InChI=1S/C5H9FO3/c1-4(3-8-2)5(7)9-6/h4H,3H2,1-2H3. The van der Waals surface area contributed by atoms with E-state index in [9.17, 15) is 9.32 Å². The number of carbonyl (C=O) groups is 1. The monoisotopic (exact) mass is 136 g/mol. The summed E-state index contributed by atoms with van der Waals surface area (Å²) in [4.78, 5) is 13.2. The molecule has 9 heavy (non-hydrogen) atoms. The van der Waals surface area contributed by atoms with Crippen molar-refractivity contribution < 1.29 is 19.0 Å². The van der Waals surface area contributed by atoms with E-state index < -0.39 is 11.9 Å². The van der Waals surface area contributed by atoms with E-state index in [1.54, 1.807) is 0 Å². The van der Waals surface area contributed by atoms with Crippen LogP contribution >= 0.6 is 0 Å². The zero-order valence-corrected chi connectivity index (χ0v) is 5.39. The van der Waals surface area contributed by atoms with Crippen LogP contribution in [-0.2, 0) is 14.5 Å². The first-order valence-electron chi connectivity index (χ1n) is 2.53. The molecule has 0 amide bonds. The molecule has 0 aromatic heterocycles. The van der Waals surface area contributed by atoms with Crippen molar-refractivity contribution in [2.75, 3.05) is 13.7 Å². The van der Waals surface area contributed by atoms with E-state index in [4.69, 9.17) is 0 Å². The molecule has 0 rings (SSSR count). The van der Waals surface area contributed by atoms with Crippen molar-refractivity contribution in [3.63, 3.8) is 0 Å². The predicted molar refractivity (Wildman–Crippen MR) is 28.2 cm³/mol. The molecule has 1 atom stereocenters. The highest BCUT2D eigenvalue weighted by molar-refractivity contribution is 5.71. The molecular weight excluding hydrogens is 127 g/mol. The molecule has 0 aromatic rings. The van der Waals surface area contributed by atoms with Gasteiger partial charge in [0.15, 0.2) is 0 Å². The highest BCUT2D eigenvalue weighted by atomic mass is 19.3. The lowest BCUT2D eigenvalue weighted by atomic mass is 10.2. The molecule has 0 saturated heterocycles. The molecule has 0 bridgehead atoms. The van der Waals surface area contributed by atoms with Gasteiger partial charge in [-0.15, -0.1) is 0 Å². The number of hydrogen-bond donors (Lipinski definition) is 0. The van der Waals surface area contributed by atoms with Crippen molar-refractivity contribution in [3.8, 4) is 0 Å². The van der Waals surface area contributed by atoms with Crippen molar-refractivity contribution >= 4 is 5.97 Å². The Kier molecular flexibility index (Phi) is 3.96. The van der Waals surface area contributed by atoms with E-state index in [1.807, 2.05) is 0 Å². The van der Waals surface area contributed by atoms with Crippen LogP contribution in [0.5, 0.6) is 0 Å². The Balaban J connectivity index is 3.45. The molecule has 4 heteroatoms. The molecule has 0 N–H and O–H groups in total. The summed E-state index contributed by atoms with van der Waals surface area (Å²) < 4.78 is 15.6. The Hall–Kier alpha value is -0.640. The summed E-state index contributed by atoms with van der Waals surface area (Å²) in [7, 11) is 1.43. The van der Waals surface area contributed by atoms with Crippen LogP contribution in [0.25, 0.3) is 0 Å². The van der Waals surface area contributed by atoms with Gasteiger partial charge in [-0.25, -0.2) is 4.79 Å². The second-order valence-corrected chi connectivity index (χ2v) is 1.75. The summed E-state index contributed by atoms with van der Waals surface area (Å²) >= 11 is 0.